The second-order valence-electron chi connectivity index (χ2n) is 8.38. The number of rotatable bonds is 6. The monoisotopic (exact) mass is 437 g/mol. The summed E-state index contributed by atoms with van der Waals surface area (Å²) in [4.78, 5) is 37.4. The topological polar surface area (TPSA) is 102 Å². The second kappa shape index (κ2) is 9.52. The summed E-state index contributed by atoms with van der Waals surface area (Å²) >= 11 is 0. The summed E-state index contributed by atoms with van der Waals surface area (Å²) in [5.74, 6) is 0.403. The van der Waals surface area contributed by atoms with E-state index >= 15 is 0 Å². The summed E-state index contributed by atoms with van der Waals surface area (Å²) in [5.41, 5.74) is 3.58. The molecule has 32 heavy (non-hydrogen) atoms. The zero-order valence-corrected chi connectivity index (χ0v) is 18.9. The Kier molecular flexibility index (Phi) is 6.55. The Morgan fingerprint density at radius 1 is 1.16 bits per heavy atom. The Balaban J connectivity index is 1.43. The highest BCUT2D eigenvalue weighted by Gasteiger charge is 2.40. The Bertz CT molecular complexity index is 982. The van der Waals surface area contributed by atoms with Gasteiger partial charge in [-0.15, -0.1) is 0 Å². The quantitative estimate of drug-likeness (QED) is 0.640. The summed E-state index contributed by atoms with van der Waals surface area (Å²) in [5, 5.41) is 8.14. The molecule has 2 unspecified atom stereocenters. The molecule has 4 rings (SSSR count). The average Bonchev–Trinajstić information content (AvgIpc) is 3.00. The van der Waals surface area contributed by atoms with E-state index < -0.39 is 0 Å². The molecule has 0 spiro atoms. The summed E-state index contributed by atoms with van der Waals surface area (Å²) in [6, 6.07) is 8.46. The molecule has 0 radical (unpaired) electrons. The molecular formula is C23H31N7O2. The molecule has 2 aromatic rings. The van der Waals surface area contributed by atoms with E-state index in [2.05, 4.69) is 35.7 Å². The van der Waals surface area contributed by atoms with Gasteiger partial charge in [-0.1, -0.05) is 0 Å². The van der Waals surface area contributed by atoms with E-state index in [4.69, 9.17) is 0 Å². The third-order valence-corrected chi connectivity index (χ3v) is 6.26. The minimum atomic E-state index is -0.239. The number of nitrogens with zero attached hydrogens (tertiary/aromatic N) is 4. The van der Waals surface area contributed by atoms with Crippen molar-refractivity contribution in [2.45, 2.75) is 45.3 Å². The standard InChI is InChI=1S/C23H31N7O2/c1-4-25-23(32)28-21-11-16(9-10-26-21)12-30-17-5-6-18(30)14-29(13-17)20-8-7-19(22(31)24-3)27-15(20)2/h7-11,17-18H,4-6,12-14H2,1-3H3,(H,24,31)(H2,25,26,28,32). The van der Waals surface area contributed by atoms with E-state index in [1.165, 1.54) is 12.8 Å². The lowest BCUT2D eigenvalue weighted by Gasteiger charge is -2.42. The maximum Gasteiger partial charge on any atom is 0.320 e. The lowest BCUT2D eigenvalue weighted by atomic mass is 10.1. The molecule has 0 saturated carbocycles. The van der Waals surface area contributed by atoms with Crippen LogP contribution in [0.5, 0.6) is 0 Å². The Labute approximate surface area is 188 Å². The molecule has 2 fully saturated rings. The van der Waals surface area contributed by atoms with Gasteiger partial charge < -0.3 is 15.5 Å². The lowest BCUT2D eigenvalue weighted by molar-refractivity contribution is 0.0958. The number of hydrogen-bond acceptors (Lipinski definition) is 6. The van der Waals surface area contributed by atoms with Crippen LogP contribution < -0.4 is 20.9 Å². The highest BCUT2D eigenvalue weighted by molar-refractivity contribution is 5.92. The van der Waals surface area contributed by atoms with E-state index in [1.54, 1.807) is 19.3 Å². The van der Waals surface area contributed by atoms with Gasteiger partial charge in [-0.05, 0) is 56.5 Å². The number of aromatic nitrogens is 2. The molecule has 0 aliphatic carbocycles. The van der Waals surface area contributed by atoms with Crippen molar-refractivity contribution < 1.29 is 9.59 Å². The largest absolute Gasteiger partial charge is 0.367 e. The van der Waals surface area contributed by atoms with Gasteiger partial charge in [0.05, 0.1) is 11.4 Å². The first kappa shape index (κ1) is 22.0. The molecule has 0 aromatic carbocycles. The maximum absolute atomic E-state index is 11.9. The Hall–Kier alpha value is -3.20. The van der Waals surface area contributed by atoms with Crippen LogP contribution in [0.2, 0.25) is 0 Å². The maximum atomic E-state index is 11.9. The van der Waals surface area contributed by atoms with Crippen molar-refractivity contribution in [2.75, 3.05) is 36.9 Å². The molecule has 3 amide bonds. The minimum absolute atomic E-state index is 0.164. The van der Waals surface area contributed by atoms with Gasteiger partial charge in [0.15, 0.2) is 0 Å². The van der Waals surface area contributed by atoms with E-state index in [1.807, 2.05) is 32.0 Å². The molecule has 170 valence electrons. The second-order valence-corrected chi connectivity index (χ2v) is 8.38. The van der Waals surface area contributed by atoms with Gasteiger partial charge in [-0.3, -0.25) is 15.0 Å². The van der Waals surface area contributed by atoms with Crippen LogP contribution in [-0.4, -0.2) is 65.6 Å². The first-order chi connectivity index (χ1) is 15.5. The van der Waals surface area contributed by atoms with Gasteiger partial charge in [0.25, 0.3) is 5.91 Å². The Morgan fingerprint density at radius 3 is 2.56 bits per heavy atom. The number of carbonyl (C=O) groups is 2. The van der Waals surface area contributed by atoms with Crippen molar-refractivity contribution in [2.24, 2.45) is 0 Å². The number of hydrogen-bond donors (Lipinski definition) is 3. The molecule has 3 N–H and O–H groups in total. The summed E-state index contributed by atoms with van der Waals surface area (Å²) in [6.45, 7) is 7.13. The number of anilines is 2. The van der Waals surface area contributed by atoms with Crippen LogP contribution in [0, 0.1) is 6.92 Å². The fraction of sp³-hybridized carbons (Fsp3) is 0.478. The molecule has 2 saturated heterocycles. The van der Waals surface area contributed by atoms with Gasteiger partial charge in [-0.2, -0.15) is 0 Å². The molecule has 4 heterocycles. The van der Waals surface area contributed by atoms with Crippen LogP contribution in [0.25, 0.3) is 0 Å². The van der Waals surface area contributed by atoms with Gasteiger partial charge in [-0.25, -0.2) is 14.8 Å². The van der Waals surface area contributed by atoms with Crippen molar-refractivity contribution in [3.05, 3.63) is 47.4 Å². The van der Waals surface area contributed by atoms with Crippen LogP contribution in [0.15, 0.2) is 30.5 Å². The third kappa shape index (κ3) is 4.67. The van der Waals surface area contributed by atoms with Crippen LogP contribution in [-0.2, 0) is 6.54 Å². The number of aryl methyl sites for hydroxylation is 1. The van der Waals surface area contributed by atoms with Crippen LogP contribution >= 0.6 is 0 Å². The number of amides is 3. The lowest BCUT2D eigenvalue weighted by Crippen LogP contribution is -2.53. The molecule has 9 heteroatoms. The average molecular weight is 438 g/mol. The zero-order valence-electron chi connectivity index (χ0n) is 18.9. The van der Waals surface area contributed by atoms with Crippen molar-refractivity contribution in [1.29, 1.82) is 0 Å². The number of nitrogens with one attached hydrogen (secondary N) is 3. The van der Waals surface area contributed by atoms with Crippen molar-refractivity contribution in [1.82, 2.24) is 25.5 Å². The van der Waals surface area contributed by atoms with E-state index in [9.17, 15) is 9.59 Å². The smallest absolute Gasteiger partial charge is 0.320 e. The molecule has 2 bridgehead atoms. The fourth-order valence-corrected chi connectivity index (χ4v) is 4.76. The minimum Gasteiger partial charge on any atom is -0.367 e. The molecule has 2 atom stereocenters. The normalized spacial score (nSPS) is 20.2. The van der Waals surface area contributed by atoms with Crippen LogP contribution in [0.4, 0.5) is 16.3 Å². The number of piperazine rings is 1. The molecule has 2 aliphatic heterocycles. The van der Waals surface area contributed by atoms with Gasteiger partial charge in [0.2, 0.25) is 0 Å². The van der Waals surface area contributed by atoms with Gasteiger partial charge in [0, 0.05) is 51.5 Å². The molecular weight excluding hydrogens is 406 g/mol. The number of pyridine rings is 2. The molecule has 2 aromatic heterocycles. The predicted molar refractivity (Wildman–Crippen MR) is 124 cm³/mol. The first-order valence-corrected chi connectivity index (χ1v) is 11.2. The van der Waals surface area contributed by atoms with E-state index in [-0.39, 0.29) is 11.9 Å². The predicted octanol–water partition coefficient (Wildman–Crippen LogP) is 2.14. The van der Waals surface area contributed by atoms with Crippen molar-refractivity contribution >= 4 is 23.4 Å². The zero-order chi connectivity index (χ0) is 22.7. The summed E-state index contributed by atoms with van der Waals surface area (Å²) in [7, 11) is 1.62. The summed E-state index contributed by atoms with van der Waals surface area (Å²) < 4.78 is 0. The fourth-order valence-electron chi connectivity index (χ4n) is 4.76. The van der Waals surface area contributed by atoms with E-state index in [0.717, 1.165) is 36.6 Å². The first-order valence-electron chi connectivity index (χ1n) is 11.2. The number of fused-ring (bicyclic) bond motifs is 2. The third-order valence-electron chi connectivity index (χ3n) is 6.26. The van der Waals surface area contributed by atoms with Crippen LogP contribution in [0.1, 0.15) is 41.5 Å². The highest BCUT2D eigenvalue weighted by atomic mass is 16.2. The van der Waals surface area contributed by atoms with Crippen LogP contribution in [0.3, 0.4) is 0 Å². The number of carbonyl (C=O) groups excluding carboxylic acids is 2. The Morgan fingerprint density at radius 2 is 1.91 bits per heavy atom. The summed E-state index contributed by atoms with van der Waals surface area (Å²) in [6.07, 6.45) is 4.08. The SMILES string of the molecule is CCNC(=O)Nc1cc(CN2C3CCC2CN(c2ccc(C(=O)NC)nc2C)C3)ccn1. The van der Waals surface area contributed by atoms with Crippen molar-refractivity contribution in [3.63, 3.8) is 0 Å². The van der Waals surface area contributed by atoms with E-state index in [0.29, 0.717) is 30.1 Å². The van der Waals surface area contributed by atoms with Gasteiger partial charge in [0.1, 0.15) is 11.5 Å². The van der Waals surface area contributed by atoms with Crippen molar-refractivity contribution in [3.8, 4) is 0 Å². The molecule has 2 aliphatic rings. The molecule has 9 nitrogen and oxygen atoms in total. The van der Waals surface area contributed by atoms with Gasteiger partial charge >= 0.3 is 6.03 Å². The number of urea groups is 1. The highest BCUT2D eigenvalue weighted by Crippen LogP contribution is 2.34.